The van der Waals surface area contributed by atoms with E-state index in [9.17, 15) is 4.79 Å². The molecule has 0 aromatic rings. The quantitative estimate of drug-likeness (QED) is 0.540. The van der Waals surface area contributed by atoms with Gasteiger partial charge < -0.3 is 4.74 Å². The Kier molecular flexibility index (Phi) is 1.35. The first kappa shape index (κ1) is 7.53. The third-order valence-corrected chi connectivity index (χ3v) is 2.98. The summed E-state index contributed by atoms with van der Waals surface area (Å²) in [5.41, 5.74) is 5.24. The van der Waals surface area contributed by atoms with Crippen LogP contribution in [0.25, 0.3) is 0 Å². The minimum absolute atomic E-state index is 0.0551. The topological polar surface area (TPSA) is 44.9 Å². The first-order valence-corrected chi connectivity index (χ1v) is 4.69. The van der Waals surface area contributed by atoms with Crippen LogP contribution in [-0.2, 0) is 9.53 Å². The summed E-state index contributed by atoms with van der Waals surface area (Å²) in [5, 5.41) is 1.55. The van der Waals surface area contributed by atoms with Crippen molar-refractivity contribution in [3.63, 3.8) is 0 Å². The molecule has 1 N–H and O–H groups in total. The van der Waals surface area contributed by atoms with Crippen LogP contribution in [-0.4, -0.2) is 30.3 Å². The number of amides is 1. The predicted octanol–water partition coefficient (Wildman–Crippen LogP) is 0.168. The predicted molar refractivity (Wildman–Crippen MR) is 45.4 cm³/mol. The summed E-state index contributed by atoms with van der Waals surface area (Å²) < 4.78 is 5.43. The lowest BCUT2D eigenvalue weighted by molar-refractivity contribution is -0.129. The fourth-order valence-corrected chi connectivity index (χ4v) is 2.25. The molecule has 1 amide bonds. The number of hydrogen-bond donors (Lipinski definition) is 1. The third-order valence-electron chi connectivity index (χ3n) is 2.98. The number of nitrogens with one attached hydrogen (secondary N) is 1. The summed E-state index contributed by atoms with van der Waals surface area (Å²) >= 11 is 0. The van der Waals surface area contributed by atoms with Crippen molar-refractivity contribution >= 4 is 5.91 Å². The van der Waals surface area contributed by atoms with Crippen molar-refractivity contribution in [2.45, 2.75) is 31.6 Å². The van der Waals surface area contributed by atoms with E-state index in [0.29, 0.717) is 0 Å². The van der Waals surface area contributed by atoms with Crippen LogP contribution in [0.5, 0.6) is 0 Å². The summed E-state index contributed by atoms with van der Waals surface area (Å²) in [6.07, 6.45) is 3.31. The van der Waals surface area contributed by atoms with Gasteiger partial charge in [-0.2, -0.15) is 0 Å². The number of nitrogens with zero attached hydrogens (tertiary/aromatic N) is 1. The molecule has 0 aromatic heterocycles. The Hall–Kier alpha value is -0.870. The van der Waals surface area contributed by atoms with Gasteiger partial charge in [0.15, 0.2) is 6.23 Å². The van der Waals surface area contributed by atoms with Crippen LogP contribution in [0.3, 0.4) is 0 Å². The molecule has 2 aliphatic heterocycles. The van der Waals surface area contributed by atoms with E-state index in [0.717, 1.165) is 24.8 Å². The molecule has 2 unspecified atom stereocenters. The summed E-state index contributed by atoms with van der Waals surface area (Å²) in [7, 11) is 1.76. The fourth-order valence-electron chi connectivity index (χ4n) is 2.25. The third kappa shape index (κ3) is 0.957. The Labute approximate surface area is 76.5 Å². The molecule has 4 nitrogen and oxygen atoms in total. The molecule has 3 rings (SSSR count). The number of carbonyl (C=O) groups excluding carboxylic acids is 1. The average molecular weight is 180 g/mol. The van der Waals surface area contributed by atoms with Crippen LogP contribution < -0.4 is 5.43 Å². The summed E-state index contributed by atoms with van der Waals surface area (Å²) in [4.78, 5) is 11.7. The highest BCUT2D eigenvalue weighted by atomic mass is 16.6. The van der Waals surface area contributed by atoms with Gasteiger partial charge >= 0.3 is 0 Å². The van der Waals surface area contributed by atoms with E-state index in [1.807, 2.05) is 0 Å². The first-order chi connectivity index (χ1) is 6.27. The zero-order valence-electron chi connectivity index (χ0n) is 7.54. The molecule has 4 heteroatoms. The maximum absolute atomic E-state index is 11.7. The van der Waals surface area contributed by atoms with Gasteiger partial charge in [0.2, 0.25) is 0 Å². The van der Waals surface area contributed by atoms with Gasteiger partial charge in [-0.15, -0.1) is 0 Å². The van der Waals surface area contributed by atoms with E-state index < -0.39 is 0 Å². The molecule has 13 heavy (non-hydrogen) atoms. The monoisotopic (exact) mass is 180 g/mol. The van der Waals surface area contributed by atoms with Gasteiger partial charge in [0.05, 0.1) is 0 Å². The largest absolute Gasteiger partial charge is 0.347 e. The highest BCUT2D eigenvalue weighted by molar-refractivity contribution is 5.95. The smallest absolute Gasteiger partial charge is 0.263 e. The molecule has 3 aliphatic rings. The average Bonchev–Trinajstić information content (AvgIpc) is 2.73. The van der Waals surface area contributed by atoms with Gasteiger partial charge in [0.25, 0.3) is 5.91 Å². The Morgan fingerprint density at radius 3 is 3.23 bits per heavy atom. The number of hydrogen-bond acceptors (Lipinski definition) is 3. The van der Waals surface area contributed by atoms with E-state index in [1.54, 1.807) is 12.1 Å². The maximum Gasteiger partial charge on any atom is 0.263 e. The number of likely N-dealkylation sites (N-methyl/N-ethyl adjacent to an activating group) is 1. The lowest BCUT2D eigenvalue weighted by atomic mass is 10.1. The van der Waals surface area contributed by atoms with Crippen molar-refractivity contribution in [3.05, 3.63) is 11.1 Å². The zero-order valence-corrected chi connectivity index (χ0v) is 7.54. The highest BCUT2D eigenvalue weighted by Crippen LogP contribution is 2.40. The molecule has 1 fully saturated rings. The first-order valence-electron chi connectivity index (χ1n) is 4.69. The van der Waals surface area contributed by atoms with Crippen LogP contribution in [0, 0.1) is 0 Å². The molecule has 2 heterocycles. The van der Waals surface area contributed by atoms with Crippen molar-refractivity contribution < 1.29 is 9.53 Å². The normalized spacial score (nSPS) is 37.3. The van der Waals surface area contributed by atoms with Crippen molar-refractivity contribution in [2.75, 3.05) is 7.05 Å². The van der Waals surface area contributed by atoms with Gasteiger partial charge in [-0.1, -0.05) is 0 Å². The molecule has 0 bridgehead atoms. The molecule has 0 spiro atoms. The molecule has 2 atom stereocenters. The van der Waals surface area contributed by atoms with Crippen molar-refractivity contribution in [1.82, 2.24) is 10.4 Å². The number of fused-ring (bicyclic) bond motifs is 2. The number of ether oxygens (including phenoxy) is 1. The van der Waals surface area contributed by atoms with E-state index >= 15 is 0 Å². The lowest BCUT2D eigenvalue weighted by Gasteiger charge is -2.16. The number of hydrazine groups is 1. The van der Waals surface area contributed by atoms with E-state index in [1.165, 1.54) is 5.57 Å². The standard InChI is InChI=1S/C9H12N2O2/c1-11-9(12)6-4-2-3-5(6)7-8(10-11)13-7/h7-8,10H,2-4H2,1H3. The minimum atomic E-state index is 0.0551. The van der Waals surface area contributed by atoms with E-state index in [4.69, 9.17) is 4.74 Å². The van der Waals surface area contributed by atoms with Crippen molar-refractivity contribution in [3.8, 4) is 0 Å². The van der Waals surface area contributed by atoms with Crippen molar-refractivity contribution in [1.29, 1.82) is 0 Å². The zero-order chi connectivity index (χ0) is 9.00. The number of epoxide rings is 1. The molecule has 1 saturated heterocycles. The Morgan fingerprint density at radius 2 is 2.38 bits per heavy atom. The summed E-state index contributed by atoms with van der Waals surface area (Å²) in [6, 6.07) is 0. The van der Waals surface area contributed by atoms with Crippen LogP contribution in [0.15, 0.2) is 11.1 Å². The van der Waals surface area contributed by atoms with Gasteiger partial charge in [0.1, 0.15) is 6.10 Å². The van der Waals surface area contributed by atoms with Gasteiger partial charge in [-0.25, -0.2) is 5.43 Å². The summed E-state index contributed by atoms with van der Waals surface area (Å²) in [5.74, 6) is 0.128. The second-order valence-electron chi connectivity index (χ2n) is 3.83. The maximum atomic E-state index is 11.7. The Balaban J connectivity index is 2.02. The van der Waals surface area contributed by atoms with Crippen LogP contribution in [0.2, 0.25) is 0 Å². The SMILES string of the molecule is CN1NC2OC2C2=C(CCC2)C1=O. The summed E-state index contributed by atoms with van der Waals surface area (Å²) in [6.45, 7) is 0. The second kappa shape index (κ2) is 2.33. The van der Waals surface area contributed by atoms with Crippen LogP contribution in [0.4, 0.5) is 0 Å². The number of carbonyl (C=O) groups is 1. The fraction of sp³-hybridized carbons (Fsp3) is 0.667. The van der Waals surface area contributed by atoms with Gasteiger partial charge in [-0.3, -0.25) is 9.80 Å². The molecule has 1 aliphatic carbocycles. The molecular formula is C9H12N2O2. The highest BCUT2D eigenvalue weighted by Gasteiger charge is 2.48. The Bertz CT molecular complexity index is 311. The molecule has 70 valence electrons. The van der Waals surface area contributed by atoms with Crippen LogP contribution in [0.1, 0.15) is 19.3 Å². The van der Waals surface area contributed by atoms with E-state index in [2.05, 4.69) is 5.43 Å². The molecule has 0 saturated carbocycles. The number of rotatable bonds is 0. The van der Waals surface area contributed by atoms with Crippen LogP contribution >= 0.6 is 0 Å². The van der Waals surface area contributed by atoms with Crippen molar-refractivity contribution in [2.24, 2.45) is 0 Å². The van der Waals surface area contributed by atoms with Gasteiger partial charge in [0, 0.05) is 12.6 Å². The second-order valence-corrected chi connectivity index (χ2v) is 3.83. The molecule has 0 aromatic carbocycles. The van der Waals surface area contributed by atoms with Gasteiger partial charge in [-0.05, 0) is 24.8 Å². The Morgan fingerprint density at radius 1 is 1.54 bits per heavy atom. The lowest BCUT2D eigenvalue weighted by Crippen LogP contribution is -2.41. The minimum Gasteiger partial charge on any atom is -0.347 e. The molecule has 0 radical (unpaired) electrons. The van der Waals surface area contributed by atoms with E-state index in [-0.39, 0.29) is 18.2 Å². The molecular weight excluding hydrogens is 168 g/mol.